The molecule has 0 radical (unpaired) electrons. The molecule has 2 aromatic carbocycles. The highest BCUT2D eigenvalue weighted by molar-refractivity contribution is 6.12. The zero-order chi connectivity index (χ0) is 20.1. The highest BCUT2D eigenvalue weighted by atomic mass is 16.5. The molecule has 2 aliphatic rings. The summed E-state index contributed by atoms with van der Waals surface area (Å²) in [5.74, 6) is 0.369. The number of ether oxygens (including phenoxy) is 1. The third-order valence-electron chi connectivity index (χ3n) is 5.39. The summed E-state index contributed by atoms with van der Waals surface area (Å²) in [6.45, 7) is 0.377. The molecule has 6 nitrogen and oxygen atoms in total. The lowest BCUT2D eigenvalue weighted by Gasteiger charge is -2.19. The smallest absolute Gasteiger partial charge is 0.262 e. The lowest BCUT2D eigenvalue weighted by Crippen LogP contribution is -2.24. The monoisotopic (exact) mass is 380 g/mol. The number of anilines is 1. The van der Waals surface area contributed by atoms with Crippen LogP contribution in [-0.4, -0.2) is 22.9 Å². The Morgan fingerprint density at radius 2 is 1.97 bits per heavy atom. The van der Waals surface area contributed by atoms with Crippen LogP contribution in [0.25, 0.3) is 22.0 Å². The molecular formula is C23H16N4O2. The molecule has 5 rings (SSSR count). The molecule has 0 spiro atoms. The molecular weight excluding hydrogens is 364 g/mol. The van der Waals surface area contributed by atoms with Gasteiger partial charge in [-0.1, -0.05) is 36.4 Å². The molecule has 2 N–H and O–H groups in total. The number of nitrogen functional groups attached to an aromatic ring is 1. The Morgan fingerprint density at radius 1 is 1.21 bits per heavy atom. The number of rotatable bonds is 3. The number of methoxy groups -OCH3 is 1. The van der Waals surface area contributed by atoms with E-state index in [1.165, 1.54) is 7.11 Å². The molecule has 0 saturated carbocycles. The van der Waals surface area contributed by atoms with Gasteiger partial charge in [-0.3, -0.25) is 4.79 Å². The first-order chi connectivity index (χ1) is 14.1. The summed E-state index contributed by atoms with van der Waals surface area (Å²) in [7, 11) is 1.54. The molecule has 6 heteroatoms. The van der Waals surface area contributed by atoms with E-state index in [-0.39, 0.29) is 5.91 Å². The third-order valence-corrected chi connectivity index (χ3v) is 5.39. The van der Waals surface area contributed by atoms with Gasteiger partial charge < -0.3 is 15.4 Å². The van der Waals surface area contributed by atoms with Crippen molar-refractivity contribution in [3.63, 3.8) is 0 Å². The average Bonchev–Trinajstić information content (AvgIpc) is 3.02. The summed E-state index contributed by atoms with van der Waals surface area (Å²) >= 11 is 0. The molecule has 0 bridgehead atoms. The molecule has 0 atom stereocenters. The quantitative estimate of drug-likeness (QED) is 0.747. The van der Waals surface area contributed by atoms with Gasteiger partial charge in [0.05, 0.1) is 36.1 Å². The minimum Gasteiger partial charge on any atom is -0.495 e. The molecule has 140 valence electrons. The van der Waals surface area contributed by atoms with E-state index in [0.717, 1.165) is 16.8 Å². The molecule has 29 heavy (non-hydrogen) atoms. The van der Waals surface area contributed by atoms with Crippen LogP contribution < -0.4 is 10.5 Å². The van der Waals surface area contributed by atoms with Crippen molar-refractivity contribution in [1.29, 1.82) is 5.26 Å². The van der Waals surface area contributed by atoms with Crippen molar-refractivity contribution in [3.8, 4) is 22.9 Å². The van der Waals surface area contributed by atoms with Crippen molar-refractivity contribution >= 4 is 22.5 Å². The zero-order valence-electron chi connectivity index (χ0n) is 15.6. The molecule has 0 fully saturated rings. The standard InChI is InChI=1S/C23H16N4O2/c1-29-19-10-4-7-14(17(19)11-24)15-8-3-9-16-21(25)20-18(26-22(15)16)12-27(23(20)28)13-5-2-6-13/h2-10H,12H2,1H3,(H2,25,26). The van der Waals surface area contributed by atoms with Gasteiger partial charge in [0.25, 0.3) is 5.91 Å². The first kappa shape index (κ1) is 17.0. The fourth-order valence-electron chi connectivity index (χ4n) is 3.90. The van der Waals surface area contributed by atoms with Crippen LogP contribution in [0.4, 0.5) is 5.69 Å². The van der Waals surface area contributed by atoms with E-state index in [2.05, 4.69) is 6.07 Å². The molecule has 2 heterocycles. The number of nitriles is 1. The molecule has 0 saturated heterocycles. The first-order valence-electron chi connectivity index (χ1n) is 9.13. The average molecular weight is 380 g/mol. The highest BCUT2D eigenvalue weighted by Gasteiger charge is 2.34. The normalized spacial score (nSPS) is 14.4. The maximum Gasteiger partial charge on any atom is 0.262 e. The Bertz CT molecular complexity index is 1310. The summed E-state index contributed by atoms with van der Waals surface area (Å²) in [5.41, 5.74) is 11.4. The number of pyridine rings is 1. The van der Waals surface area contributed by atoms with Gasteiger partial charge >= 0.3 is 0 Å². The number of hydrogen-bond acceptors (Lipinski definition) is 5. The Balaban J connectivity index is 1.75. The summed E-state index contributed by atoms with van der Waals surface area (Å²) < 4.78 is 5.35. The molecule has 1 aliphatic heterocycles. The van der Waals surface area contributed by atoms with Crippen molar-refractivity contribution in [2.45, 2.75) is 6.54 Å². The van der Waals surface area contributed by atoms with Gasteiger partial charge in [-0.15, -0.1) is 0 Å². The summed E-state index contributed by atoms with van der Waals surface area (Å²) in [4.78, 5) is 19.4. The first-order valence-corrected chi connectivity index (χ1v) is 9.13. The highest BCUT2D eigenvalue weighted by Crippen LogP contribution is 2.39. The predicted octanol–water partition coefficient (Wildman–Crippen LogP) is 3.77. The number of carbonyl (C=O) groups excluding carboxylic acids is 1. The van der Waals surface area contributed by atoms with E-state index in [9.17, 15) is 10.1 Å². The summed E-state index contributed by atoms with van der Waals surface area (Å²) in [6, 6.07) is 13.3. The largest absolute Gasteiger partial charge is 0.495 e. The van der Waals surface area contributed by atoms with Crippen LogP contribution in [0.3, 0.4) is 0 Å². The number of fused-ring (bicyclic) bond motifs is 2. The predicted molar refractivity (Wildman–Crippen MR) is 110 cm³/mol. The maximum atomic E-state index is 12.9. The van der Waals surface area contributed by atoms with Crippen LogP contribution in [0.2, 0.25) is 0 Å². The summed E-state index contributed by atoms with van der Waals surface area (Å²) in [6.07, 6.45) is 5.67. The number of nitrogens with two attached hydrogens (primary N) is 1. The molecule has 1 aromatic heterocycles. The number of carbonyl (C=O) groups is 1. The van der Waals surface area contributed by atoms with Crippen LogP contribution in [0.1, 0.15) is 21.6 Å². The SMILES string of the molecule is COc1cccc(-c2cccc3c(N)c4c(nc23)CN(C2=CC=C2)C4=O)c1C#N. The number of para-hydroxylation sites is 1. The lowest BCUT2D eigenvalue weighted by atomic mass is 9.95. The van der Waals surface area contributed by atoms with Crippen LogP contribution in [-0.2, 0) is 6.54 Å². The van der Waals surface area contributed by atoms with Gasteiger partial charge in [-0.25, -0.2) is 4.98 Å². The van der Waals surface area contributed by atoms with Crippen molar-refractivity contribution < 1.29 is 9.53 Å². The van der Waals surface area contributed by atoms with Crippen molar-refractivity contribution in [2.75, 3.05) is 12.8 Å². The second kappa shape index (κ2) is 6.21. The zero-order valence-corrected chi connectivity index (χ0v) is 15.6. The number of allylic oxidation sites excluding steroid dienone is 3. The minimum absolute atomic E-state index is 0.132. The fraction of sp³-hybridized carbons (Fsp3) is 0.0870. The number of aromatic nitrogens is 1. The Morgan fingerprint density at radius 3 is 2.66 bits per heavy atom. The van der Waals surface area contributed by atoms with E-state index >= 15 is 0 Å². The van der Waals surface area contributed by atoms with Gasteiger partial charge in [-0.2, -0.15) is 5.26 Å². The molecule has 1 aliphatic carbocycles. The molecule has 1 amide bonds. The van der Waals surface area contributed by atoms with Gasteiger partial charge in [0.2, 0.25) is 0 Å². The number of benzene rings is 2. The van der Waals surface area contributed by atoms with E-state index in [0.29, 0.717) is 45.7 Å². The van der Waals surface area contributed by atoms with Gasteiger partial charge in [-0.05, 0) is 18.2 Å². The van der Waals surface area contributed by atoms with Crippen LogP contribution in [0.15, 0.2) is 60.3 Å². The molecule has 0 unspecified atom stereocenters. The van der Waals surface area contributed by atoms with Crippen molar-refractivity contribution in [1.82, 2.24) is 9.88 Å². The second-order valence-corrected chi connectivity index (χ2v) is 6.89. The van der Waals surface area contributed by atoms with E-state index < -0.39 is 0 Å². The number of amides is 1. The van der Waals surface area contributed by atoms with Gasteiger partial charge in [0.15, 0.2) is 0 Å². The number of nitrogens with zero attached hydrogens (tertiary/aromatic N) is 3. The topological polar surface area (TPSA) is 92.2 Å². The Kier molecular flexibility index (Phi) is 3.65. The van der Waals surface area contributed by atoms with E-state index in [1.807, 2.05) is 48.6 Å². The van der Waals surface area contributed by atoms with Crippen LogP contribution in [0.5, 0.6) is 5.75 Å². The second-order valence-electron chi connectivity index (χ2n) is 6.89. The minimum atomic E-state index is -0.132. The van der Waals surface area contributed by atoms with Gasteiger partial charge in [0.1, 0.15) is 17.4 Å². The Hall–Kier alpha value is -4.11. The Labute approximate surface area is 167 Å². The van der Waals surface area contributed by atoms with Crippen LogP contribution >= 0.6 is 0 Å². The lowest BCUT2D eigenvalue weighted by molar-refractivity contribution is 0.0831. The third kappa shape index (κ3) is 2.34. The van der Waals surface area contributed by atoms with Gasteiger partial charge in [0, 0.05) is 22.2 Å². The summed E-state index contributed by atoms with van der Waals surface area (Å²) in [5, 5.41) is 10.4. The van der Waals surface area contributed by atoms with E-state index in [4.69, 9.17) is 15.5 Å². The van der Waals surface area contributed by atoms with Crippen LogP contribution in [0, 0.1) is 11.3 Å². The molecule has 3 aromatic rings. The maximum absolute atomic E-state index is 12.9. The van der Waals surface area contributed by atoms with E-state index in [1.54, 1.807) is 11.0 Å². The number of hydrogen-bond donors (Lipinski definition) is 1. The fourth-order valence-corrected chi connectivity index (χ4v) is 3.90. The van der Waals surface area contributed by atoms with Crippen molar-refractivity contribution in [2.24, 2.45) is 0 Å². The van der Waals surface area contributed by atoms with Crippen molar-refractivity contribution in [3.05, 3.63) is 77.1 Å².